The summed E-state index contributed by atoms with van der Waals surface area (Å²) in [6, 6.07) is 11.5. The maximum atomic E-state index is 5.93. The summed E-state index contributed by atoms with van der Waals surface area (Å²) >= 11 is 0. The van der Waals surface area contributed by atoms with E-state index in [0.717, 1.165) is 16.8 Å². The fraction of sp³-hybridized carbons (Fsp3) is 0.125. The molecule has 0 atom stereocenters. The summed E-state index contributed by atoms with van der Waals surface area (Å²) in [6.07, 6.45) is 1.71. The van der Waals surface area contributed by atoms with Crippen LogP contribution in [-0.2, 0) is 0 Å². The lowest BCUT2D eigenvalue weighted by atomic mass is 10.0. The van der Waals surface area contributed by atoms with Crippen LogP contribution in [0.2, 0.25) is 0 Å². The van der Waals surface area contributed by atoms with Gasteiger partial charge in [-0.25, -0.2) is 0 Å². The van der Waals surface area contributed by atoms with Crippen molar-refractivity contribution in [3.8, 4) is 28.3 Å². The molecule has 0 aliphatic carbocycles. The summed E-state index contributed by atoms with van der Waals surface area (Å²) in [7, 11) is 1.62. The zero-order valence-electron chi connectivity index (χ0n) is 11.8. The standard InChI is InChI=1S/C16H15N3O2/c1-10-6-7-13(20-2)11(9-10)15-14(16(17)21-19-15)12-5-3-4-8-18-12/h3-9H,17H2,1-2H3. The summed E-state index contributed by atoms with van der Waals surface area (Å²) in [4.78, 5) is 4.33. The van der Waals surface area contributed by atoms with Crippen LogP contribution in [0.3, 0.4) is 0 Å². The topological polar surface area (TPSA) is 74.2 Å². The van der Waals surface area contributed by atoms with Gasteiger partial charge in [0.1, 0.15) is 11.4 Å². The van der Waals surface area contributed by atoms with Gasteiger partial charge in [0.15, 0.2) is 0 Å². The number of benzene rings is 1. The number of rotatable bonds is 3. The number of aromatic nitrogens is 2. The molecule has 2 N–H and O–H groups in total. The fourth-order valence-electron chi connectivity index (χ4n) is 2.25. The van der Waals surface area contributed by atoms with E-state index in [2.05, 4.69) is 10.1 Å². The number of nitrogens with zero attached hydrogens (tertiary/aromatic N) is 2. The number of hydrogen-bond donors (Lipinski definition) is 1. The van der Waals surface area contributed by atoms with Crippen LogP contribution >= 0.6 is 0 Å². The van der Waals surface area contributed by atoms with Gasteiger partial charge in [-0.2, -0.15) is 0 Å². The second-order valence-electron chi connectivity index (χ2n) is 4.69. The molecule has 3 aromatic rings. The molecule has 3 rings (SSSR count). The van der Waals surface area contributed by atoms with Crippen LogP contribution in [0.4, 0.5) is 5.88 Å². The number of ether oxygens (including phenoxy) is 1. The molecular weight excluding hydrogens is 266 g/mol. The summed E-state index contributed by atoms with van der Waals surface area (Å²) in [6.45, 7) is 2.01. The van der Waals surface area contributed by atoms with Crippen LogP contribution in [0.1, 0.15) is 5.56 Å². The van der Waals surface area contributed by atoms with E-state index in [1.807, 2.05) is 43.3 Å². The Hall–Kier alpha value is -2.82. The lowest BCUT2D eigenvalue weighted by Gasteiger charge is -2.08. The van der Waals surface area contributed by atoms with E-state index in [0.29, 0.717) is 17.0 Å². The number of nitrogens with two attached hydrogens (primary N) is 1. The monoisotopic (exact) mass is 281 g/mol. The second-order valence-corrected chi connectivity index (χ2v) is 4.69. The van der Waals surface area contributed by atoms with Crippen molar-refractivity contribution in [2.45, 2.75) is 6.92 Å². The zero-order chi connectivity index (χ0) is 14.8. The van der Waals surface area contributed by atoms with E-state index >= 15 is 0 Å². The normalized spacial score (nSPS) is 10.6. The van der Waals surface area contributed by atoms with Crippen LogP contribution < -0.4 is 10.5 Å². The van der Waals surface area contributed by atoms with Crippen molar-refractivity contribution in [3.63, 3.8) is 0 Å². The Morgan fingerprint density at radius 1 is 1.19 bits per heavy atom. The molecule has 0 aliphatic rings. The highest BCUT2D eigenvalue weighted by Crippen LogP contribution is 2.39. The van der Waals surface area contributed by atoms with Gasteiger partial charge in [0.05, 0.1) is 18.4 Å². The van der Waals surface area contributed by atoms with Crippen molar-refractivity contribution in [2.75, 3.05) is 12.8 Å². The molecule has 0 saturated carbocycles. The van der Waals surface area contributed by atoms with Crippen molar-refractivity contribution in [1.29, 1.82) is 0 Å². The van der Waals surface area contributed by atoms with E-state index in [9.17, 15) is 0 Å². The first-order valence-corrected chi connectivity index (χ1v) is 6.52. The minimum absolute atomic E-state index is 0.243. The molecule has 106 valence electrons. The number of nitrogen functional groups attached to an aromatic ring is 1. The van der Waals surface area contributed by atoms with Gasteiger partial charge in [-0.05, 0) is 31.2 Å². The Bertz CT molecular complexity index is 766. The predicted molar refractivity (Wildman–Crippen MR) is 80.9 cm³/mol. The maximum Gasteiger partial charge on any atom is 0.232 e. The van der Waals surface area contributed by atoms with Crippen molar-refractivity contribution in [3.05, 3.63) is 48.2 Å². The Kier molecular flexibility index (Phi) is 3.31. The van der Waals surface area contributed by atoms with Gasteiger partial charge in [-0.15, -0.1) is 0 Å². The molecule has 0 bridgehead atoms. The number of anilines is 1. The zero-order valence-corrected chi connectivity index (χ0v) is 11.8. The minimum atomic E-state index is 0.243. The average Bonchev–Trinajstić information content (AvgIpc) is 2.89. The minimum Gasteiger partial charge on any atom is -0.496 e. The summed E-state index contributed by atoms with van der Waals surface area (Å²) in [5, 5.41) is 4.09. The third kappa shape index (κ3) is 2.33. The summed E-state index contributed by atoms with van der Waals surface area (Å²) < 4.78 is 10.6. The number of aryl methyl sites for hydroxylation is 1. The average molecular weight is 281 g/mol. The molecule has 2 heterocycles. The van der Waals surface area contributed by atoms with Crippen molar-refractivity contribution in [1.82, 2.24) is 10.1 Å². The molecule has 0 radical (unpaired) electrons. The highest BCUT2D eigenvalue weighted by atomic mass is 16.5. The van der Waals surface area contributed by atoms with Crippen molar-refractivity contribution >= 4 is 5.88 Å². The first-order chi connectivity index (χ1) is 10.2. The lowest BCUT2D eigenvalue weighted by Crippen LogP contribution is -1.93. The van der Waals surface area contributed by atoms with Gasteiger partial charge < -0.3 is 15.0 Å². The van der Waals surface area contributed by atoms with Gasteiger partial charge in [0, 0.05) is 11.8 Å². The summed E-state index contributed by atoms with van der Waals surface area (Å²) in [5.41, 5.74) is 9.89. The second kappa shape index (κ2) is 5.28. The fourth-order valence-corrected chi connectivity index (χ4v) is 2.25. The highest BCUT2D eigenvalue weighted by molar-refractivity contribution is 5.87. The predicted octanol–water partition coefficient (Wildman–Crippen LogP) is 3.30. The molecule has 21 heavy (non-hydrogen) atoms. The van der Waals surface area contributed by atoms with E-state index in [1.54, 1.807) is 13.3 Å². The molecule has 0 amide bonds. The largest absolute Gasteiger partial charge is 0.496 e. The quantitative estimate of drug-likeness (QED) is 0.797. The van der Waals surface area contributed by atoms with Crippen LogP contribution in [0.15, 0.2) is 47.1 Å². The molecule has 0 spiro atoms. The molecule has 0 unspecified atom stereocenters. The van der Waals surface area contributed by atoms with Gasteiger partial charge in [0.25, 0.3) is 0 Å². The Morgan fingerprint density at radius 3 is 2.76 bits per heavy atom. The summed E-state index contributed by atoms with van der Waals surface area (Å²) in [5.74, 6) is 0.957. The maximum absolute atomic E-state index is 5.93. The molecular formula is C16H15N3O2. The Labute approximate surface area is 122 Å². The number of hydrogen-bond acceptors (Lipinski definition) is 5. The van der Waals surface area contributed by atoms with Gasteiger partial charge in [0.2, 0.25) is 5.88 Å². The van der Waals surface area contributed by atoms with Crippen LogP contribution in [-0.4, -0.2) is 17.3 Å². The number of methoxy groups -OCH3 is 1. The SMILES string of the molecule is COc1ccc(C)cc1-c1noc(N)c1-c1ccccn1. The first-order valence-electron chi connectivity index (χ1n) is 6.52. The molecule has 1 aromatic carbocycles. The Morgan fingerprint density at radius 2 is 2.05 bits per heavy atom. The van der Waals surface area contributed by atoms with Gasteiger partial charge in [-0.1, -0.05) is 22.9 Å². The van der Waals surface area contributed by atoms with E-state index in [-0.39, 0.29) is 5.88 Å². The molecule has 5 nitrogen and oxygen atoms in total. The third-order valence-corrected chi connectivity index (χ3v) is 3.25. The van der Waals surface area contributed by atoms with Gasteiger partial charge >= 0.3 is 0 Å². The van der Waals surface area contributed by atoms with Crippen molar-refractivity contribution < 1.29 is 9.26 Å². The van der Waals surface area contributed by atoms with Crippen LogP contribution in [0.25, 0.3) is 22.5 Å². The molecule has 0 fully saturated rings. The number of pyridine rings is 1. The first kappa shape index (κ1) is 13.2. The molecule has 2 aromatic heterocycles. The third-order valence-electron chi connectivity index (χ3n) is 3.25. The highest BCUT2D eigenvalue weighted by Gasteiger charge is 2.21. The van der Waals surface area contributed by atoms with E-state index in [4.69, 9.17) is 15.0 Å². The van der Waals surface area contributed by atoms with Crippen LogP contribution in [0.5, 0.6) is 5.75 Å². The van der Waals surface area contributed by atoms with Crippen molar-refractivity contribution in [2.24, 2.45) is 0 Å². The molecule has 0 aliphatic heterocycles. The molecule has 5 heteroatoms. The smallest absolute Gasteiger partial charge is 0.232 e. The Balaban J connectivity index is 2.24. The van der Waals surface area contributed by atoms with E-state index in [1.165, 1.54) is 0 Å². The molecule has 0 saturated heterocycles. The van der Waals surface area contributed by atoms with Crippen LogP contribution in [0, 0.1) is 6.92 Å². The lowest BCUT2D eigenvalue weighted by molar-refractivity contribution is 0.414. The van der Waals surface area contributed by atoms with E-state index < -0.39 is 0 Å². The van der Waals surface area contributed by atoms with Gasteiger partial charge in [-0.3, -0.25) is 4.98 Å².